The molecule has 6 heteroatoms. The molecule has 1 aromatic rings. The minimum atomic E-state index is -0.479. The zero-order valence-corrected chi connectivity index (χ0v) is 7.27. The lowest BCUT2D eigenvalue weighted by Gasteiger charge is -2.04. The average Bonchev–Trinajstić information content (AvgIpc) is 2.50. The number of nitrogen functional groups attached to an aromatic ring is 1. The topological polar surface area (TPSA) is 104 Å². The van der Waals surface area contributed by atoms with E-state index in [4.69, 9.17) is 16.2 Å². The molecule has 0 bridgehead atoms. The fraction of sp³-hybridized carbons (Fsp3) is 0.250. The van der Waals surface area contributed by atoms with Crippen LogP contribution in [0.2, 0.25) is 0 Å². The molecule has 1 heterocycles. The minimum Gasteiger partial charge on any atom is -0.489 e. The van der Waals surface area contributed by atoms with E-state index in [2.05, 4.69) is 0 Å². The Morgan fingerprint density at radius 2 is 2.29 bits per heavy atom. The standard InChI is InChI=1S/C8H9N3O3/c9-4-1-2-6(11(12)13)7-5(10)3-14-8(4)7/h1-2,5H,3,9-10H2/t5-/m0/s1. The molecule has 0 radical (unpaired) electrons. The van der Waals surface area contributed by atoms with Gasteiger partial charge in [0.05, 0.1) is 22.2 Å². The van der Waals surface area contributed by atoms with E-state index >= 15 is 0 Å². The molecule has 0 spiro atoms. The first kappa shape index (κ1) is 8.76. The number of nitrogens with two attached hydrogens (primary N) is 2. The lowest BCUT2D eigenvalue weighted by molar-refractivity contribution is -0.385. The molecular weight excluding hydrogens is 186 g/mol. The van der Waals surface area contributed by atoms with Gasteiger partial charge in [-0.05, 0) is 6.07 Å². The van der Waals surface area contributed by atoms with E-state index in [1.165, 1.54) is 12.1 Å². The number of nitrogens with zero attached hydrogens (tertiary/aromatic N) is 1. The normalized spacial score (nSPS) is 18.8. The summed E-state index contributed by atoms with van der Waals surface area (Å²) < 4.78 is 5.18. The number of nitro groups is 1. The summed E-state index contributed by atoms with van der Waals surface area (Å²) in [5, 5.41) is 10.7. The highest BCUT2D eigenvalue weighted by Crippen LogP contribution is 2.41. The van der Waals surface area contributed by atoms with Gasteiger partial charge in [0.25, 0.3) is 5.69 Å². The maximum Gasteiger partial charge on any atom is 0.278 e. The van der Waals surface area contributed by atoms with E-state index in [1.807, 2.05) is 0 Å². The molecule has 0 aliphatic carbocycles. The van der Waals surface area contributed by atoms with E-state index in [-0.39, 0.29) is 12.3 Å². The Morgan fingerprint density at radius 1 is 1.57 bits per heavy atom. The van der Waals surface area contributed by atoms with Gasteiger partial charge in [0.2, 0.25) is 0 Å². The third kappa shape index (κ3) is 1.08. The summed E-state index contributed by atoms with van der Waals surface area (Å²) in [5.41, 5.74) is 12.0. The number of hydrogen-bond donors (Lipinski definition) is 2. The van der Waals surface area contributed by atoms with Crippen LogP contribution in [0.25, 0.3) is 0 Å². The highest BCUT2D eigenvalue weighted by atomic mass is 16.6. The zero-order chi connectivity index (χ0) is 10.3. The Balaban J connectivity index is 2.66. The van der Waals surface area contributed by atoms with Crippen LogP contribution in [0.5, 0.6) is 5.75 Å². The second kappa shape index (κ2) is 2.85. The lowest BCUT2D eigenvalue weighted by atomic mass is 10.1. The number of ether oxygens (including phenoxy) is 1. The van der Waals surface area contributed by atoms with E-state index in [9.17, 15) is 10.1 Å². The van der Waals surface area contributed by atoms with E-state index < -0.39 is 11.0 Å². The summed E-state index contributed by atoms with van der Waals surface area (Å²) in [6.45, 7) is 0.240. The van der Waals surface area contributed by atoms with Gasteiger partial charge in [-0.25, -0.2) is 0 Å². The van der Waals surface area contributed by atoms with Gasteiger partial charge in [-0.2, -0.15) is 0 Å². The van der Waals surface area contributed by atoms with Crippen LogP contribution in [0.3, 0.4) is 0 Å². The first-order chi connectivity index (χ1) is 6.61. The average molecular weight is 195 g/mol. The predicted molar refractivity (Wildman–Crippen MR) is 49.9 cm³/mol. The van der Waals surface area contributed by atoms with Crippen molar-refractivity contribution < 1.29 is 9.66 Å². The van der Waals surface area contributed by atoms with Crippen LogP contribution in [0.4, 0.5) is 11.4 Å². The fourth-order valence-electron chi connectivity index (χ4n) is 1.54. The summed E-state index contributed by atoms with van der Waals surface area (Å²) in [5.74, 6) is 0.353. The Morgan fingerprint density at radius 3 is 2.93 bits per heavy atom. The van der Waals surface area contributed by atoms with Gasteiger partial charge in [-0.3, -0.25) is 10.1 Å². The van der Waals surface area contributed by atoms with Crippen molar-refractivity contribution >= 4 is 11.4 Å². The van der Waals surface area contributed by atoms with Crippen LogP contribution < -0.4 is 16.2 Å². The molecule has 0 unspecified atom stereocenters. The van der Waals surface area contributed by atoms with Gasteiger partial charge in [-0.1, -0.05) is 0 Å². The molecule has 0 saturated heterocycles. The quantitative estimate of drug-likeness (QED) is 0.387. The Hall–Kier alpha value is -1.82. The summed E-state index contributed by atoms with van der Waals surface area (Å²) >= 11 is 0. The molecule has 14 heavy (non-hydrogen) atoms. The second-order valence-electron chi connectivity index (χ2n) is 3.09. The molecule has 0 amide bonds. The SMILES string of the molecule is Nc1ccc([N+](=O)[O-])c2c1OC[C@@H]2N. The number of fused-ring (bicyclic) bond motifs is 1. The molecule has 0 aromatic heterocycles. The van der Waals surface area contributed by atoms with Crippen LogP contribution in [0.15, 0.2) is 12.1 Å². The molecule has 4 N–H and O–H groups in total. The maximum absolute atomic E-state index is 10.7. The summed E-state index contributed by atoms with van der Waals surface area (Å²) in [6.07, 6.45) is 0. The number of rotatable bonds is 1. The number of hydrogen-bond acceptors (Lipinski definition) is 5. The maximum atomic E-state index is 10.7. The first-order valence-electron chi connectivity index (χ1n) is 4.06. The van der Waals surface area contributed by atoms with E-state index in [1.54, 1.807) is 0 Å². The van der Waals surface area contributed by atoms with Crippen molar-refractivity contribution in [3.8, 4) is 5.75 Å². The Kier molecular flexibility index (Phi) is 1.78. The van der Waals surface area contributed by atoms with Crippen molar-refractivity contribution in [1.82, 2.24) is 0 Å². The molecule has 1 aromatic carbocycles. The second-order valence-corrected chi connectivity index (χ2v) is 3.09. The Bertz CT molecular complexity index is 405. The van der Waals surface area contributed by atoms with E-state index in [0.717, 1.165) is 0 Å². The van der Waals surface area contributed by atoms with Gasteiger partial charge < -0.3 is 16.2 Å². The molecule has 6 nitrogen and oxygen atoms in total. The van der Waals surface area contributed by atoms with Crippen molar-refractivity contribution in [1.29, 1.82) is 0 Å². The first-order valence-corrected chi connectivity index (χ1v) is 4.06. The van der Waals surface area contributed by atoms with Crippen LogP contribution in [0, 0.1) is 10.1 Å². The van der Waals surface area contributed by atoms with Gasteiger partial charge >= 0.3 is 0 Å². The van der Waals surface area contributed by atoms with Crippen molar-refractivity contribution in [3.05, 3.63) is 27.8 Å². The molecule has 1 aliphatic rings. The minimum absolute atomic E-state index is 0.0285. The predicted octanol–water partition coefficient (Wildman–Crippen LogP) is 0.569. The van der Waals surface area contributed by atoms with Crippen LogP contribution in [-0.4, -0.2) is 11.5 Å². The molecule has 1 atom stereocenters. The van der Waals surface area contributed by atoms with Crippen molar-refractivity contribution in [3.63, 3.8) is 0 Å². The van der Waals surface area contributed by atoms with Gasteiger partial charge in [0.1, 0.15) is 6.61 Å². The van der Waals surface area contributed by atoms with Crippen molar-refractivity contribution in [2.75, 3.05) is 12.3 Å². The van der Waals surface area contributed by atoms with Crippen molar-refractivity contribution in [2.45, 2.75) is 6.04 Å². The largest absolute Gasteiger partial charge is 0.489 e. The van der Waals surface area contributed by atoms with Gasteiger partial charge in [0.15, 0.2) is 5.75 Å². The third-order valence-corrected chi connectivity index (χ3v) is 2.18. The fourth-order valence-corrected chi connectivity index (χ4v) is 1.54. The number of nitro benzene ring substituents is 1. The van der Waals surface area contributed by atoms with Gasteiger partial charge in [-0.15, -0.1) is 0 Å². The van der Waals surface area contributed by atoms with Crippen LogP contribution in [0.1, 0.15) is 11.6 Å². The highest BCUT2D eigenvalue weighted by Gasteiger charge is 2.31. The molecular formula is C8H9N3O3. The van der Waals surface area contributed by atoms with Crippen LogP contribution in [-0.2, 0) is 0 Å². The molecule has 1 aliphatic heterocycles. The lowest BCUT2D eigenvalue weighted by Crippen LogP contribution is -2.12. The zero-order valence-electron chi connectivity index (χ0n) is 7.27. The Labute approximate surface area is 79.6 Å². The molecule has 0 fully saturated rings. The smallest absolute Gasteiger partial charge is 0.278 e. The molecule has 2 rings (SSSR count). The number of benzene rings is 1. The highest BCUT2D eigenvalue weighted by molar-refractivity contribution is 5.66. The third-order valence-electron chi connectivity index (χ3n) is 2.18. The molecule has 0 saturated carbocycles. The monoisotopic (exact) mass is 195 g/mol. The summed E-state index contributed by atoms with van der Waals surface area (Å²) in [6, 6.07) is 2.34. The molecule has 74 valence electrons. The van der Waals surface area contributed by atoms with Crippen molar-refractivity contribution in [2.24, 2.45) is 5.73 Å². The van der Waals surface area contributed by atoms with Crippen LogP contribution >= 0.6 is 0 Å². The summed E-state index contributed by atoms with van der Waals surface area (Å²) in [7, 11) is 0. The van der Waals surface area contributed by atoms with Gasteiger partial charge in [0, 0.05) is 6.07 Å². The van der Waals surface area contributed by atoms with E-state index in [0.29, 0.717) is 17.0 Å². The number of anilines is 1. The summed E-state index contributed by atoms with van der Waals surface area (Å²) in [4.78, 5) is 10.2.